The molecule has 6 heteroatoms. The van der Waals surface area contributed by atoms with Crippen LogP contribution in [0.3, 0.4) is 0 Å². The van der Waals surface area contributed by atoms with Crippen LogP contribution in [0.2, 0.25) is 5.02 Å². The fourth-order valence-electron chi connectivity index (χ4n) is 1.85. The van der Waals surface area contributed by atoms with Crippen molar-refractivity contribution in [2.45, 2.75) is 26.4 Å². The van der Waals surface area contributed by atoms with Crippen molar-refractivity contribution in [2.75, 3.05) is 5.32 Å². The number of aryl methyl sites for hydroxylation is 1. The normalized spacial score (nSPS) is 10.5. The molecule has 4 nitrogen and oxygen atoms in total. The minimum atomic E-state index is -0.307. The Morgan fingerprint density at radius 3 is 3.10 bits per heavy atom. The van der Waals surface area contributed by atoms with Crippen molar-refractivity contribution in [3.05, 3.63) is 56.1 Å². The van der Waals surface area contributed by atoms with Gasteiger partial charge in [-0.05, 0) is 23.4 Å². The monoisotopic (exact) mass is 309 g/mol. The number of hydrogen-bond acceptors (Lipinski definition) is 4. The summed E-state index contributed by atoms with van der Waals surface area (Å²) in [5.41, 5.74) is 1.57. The van der Waals surface area contributed by atoms with Crippen molar-refractivity contribution in [1.82, 2.24) is 9.78 Å². The zero-order valence-corrected chi connectivity index (χ0v) is 12.8. The summed E-state index contributed by atoms with van der Waals surface area (Å²) >= 11 is 7.77. The van der Waals surface area contributed by atoms with Crippen LogP contribution in [0.15, 0.2) is 35.1 Å². The zero-order valence-electron chi connectivity index (χ0n) is 11.2. The second-order valence-corrected chi connectivity index (χ2v) is 5.60. The summed E-state index contributed by atoms with van der Waals surface area (Å²) in [4.78, 5) is 13.2. The smallest absolute Gasteiger partial charge is 0.287 e. The standard InChI is InChI=1S/C14H16ClN3OS/c1-3-6-18-14(19)13(15)11(8-17-18)16-9-12-10(4-2)5-7-20-12/h3,5,7-8,16H,1,4,6,9H2,2H3. The molecule has 0 saturated carbocycles. The van der Waals surface area contributed by atoms with E-state index in [2.05, 4.69) is 35.4 Å². The van der Waals surface area contributed by atoms with Gasteiger partial charge in [-0.1, -0.05) is 24.6 Å². The molecule has 0 atom stereocenters. The van der Waals surface area contributed by atoms with Gasteiger partial charge in [-0.15, -0.1) is 17.9 Å². The van der Waals surface area contributed by atoms with Crippen LogP contribution in [-0.4, -0.2) is 9.78 Å². The van der Waals surface area contributed by atoms with Crippen molar-refractivity contribution in [2.24, 2.45) is 0 Å². The van der Waals surface area contributed by atoms with E-state index in [-0.39, 0.29) is 10.6 Å². The van der Waals surface area contributed by atoms with Gasteiger partial charge in [-0.3, -0.25) is 4.79 Å². The first-order valence-electron chi connectivity index (χ1n) is 6.33. The van der Waals surface area contributed by atoms with E-state index in [1.165, 1.54) is 15.1 Å². The second kappa shape index (κ2) is 6.72. The quantitative estimate of drug-likeness (QED) is 0.833. The number of allylic oxidation sites excluding steroid dienone is 1. The molecular formula is C14H16ClN3OS. The van der Waals surface area contributed by atoms with E-state index in [1.54, 1.807) is 23.6 Å². The van der Waals surface area contributed by atoms with Crippen molar-refractivity contribution in [3.8, 4) is 0 Å². The molecule has 0 aliphatic carbocycles. The Morgan fingerprint density at radius 1 is 1.60 bits per heavy atom. The van der Waals surface area contributed by atoms with E-state index in [4.69, 9.17) is 11.6 Å². The number of nitrogens with zero attached hydrogens (tertiary/aromatic N) is 2. The van der Waals surface area contributed by atoms with Crippen LogP contribution in [0.1, 0.15) is 17.4 Å². The summed E-state index contributed by atoms with van der Waals surface area (Å²) in [6.07, 6.45) is 4.18. The highest BCUT2D eigenvalue weighted by Gasteiger charge is 2.09. The number of anilines is 1. The van der Waals surface area contributed by atoms with E-state index in [0.29, 0.717) is 18.8 Å². The fourth-order valence-corrected chi connectivity index (χ4v) is 2.98. The first kappa shape index (κ1) is 14.8. The molecule has 0 aliphatic rings. The predicted octanol–water partition coefficient (Wildman–Crippen LogP) is 3.32. The minimum Gasteiger partial charge on any atom is -0.377 e. The predicted molar refractivity (Wildman–Crippen MR) is 84.7 cm³/mol. The molecule has 0 aromatic carbocycles. The molecule has 0 spiro atoms. The lowest BCUT2D eigenvalue weighted by Crippen LogP contribution is -2.23. The highest BCUT2D eigenvalue weighted by atomic mass is 35.5. The molecule has 0 saturated heterocycles. The van der Waals surface area contributed by atoms with Gasteiger partial charge < -0.3 is 5.32 Å². The van der Waals surface area contributed by atoms with Gasteiger partial charge in [0, 0.05) is 11.4 Å². The van der Waals surface area contributed by atoms with E-state index in [0.717, 1.165) is 6.42 Å². The summed E-state index contributed by atoms with van der Waals surface area (Å²) in [5.74, 6) is 0. The van der Waals surface area contributed by atoms with E-state index >= 15 is 0 Å². The minimum absolute atomic E-state index is 0.163. The van der Waals surface area contributed by atoms with Crippen LogP contribution in [-0.2, 0) is 19.5 Å². The molecule has 20 heavy (non-hydrogen) atoms. The molecule has 0 aliphatic heterocycles. The lowest BCUT2D eigenvalue weighted by molar-refractivity contribution is 0.653. The summed E-state index contributed by atoms with van der Waals surface area (Å²) in [6, 6.07) is 2.11. The average Bonchev–Trinajstić information content (AvgIpc) is 2.91. The number of aromatic nitrogens is 2. The van der Waals surface area contributed by atoms with Gasteiger partial charge in [-0.25, -0.2) is 4.68 Å². The molecule has 2 aromatic heterocycles. The first-order valence-corrected chi connectivity index (χ1v) is 7.58. The van der Waals surface area contributed by atoms with Gasteiger partial charge in [0.05, 0.1) is 18.4 Å². The number of rotatable bonds is 6. The van der Waals surface area contributed by atoms with Gasteiger partial charge in [0.2, 0.25) is 0 Å². The van der Waals surface area contributed by atoms with E-state index in [1.807, 2.05) is 0 Å². The van der Waals surface area contributed by atoms with Crippen LogP contribution in [0.4, 0.5) is 5.69 Å². The Balaban J connectivity index is 2.16. The molecule has 1 N–H and O–H groups in total. The maximum atomic E-state index is 11.9. The largest absolute Gasteiger partial charge is 0.377 e. The van der Waals surface area contributed by atoms with E-state index in [9.17, 15) is 4.79 Å². The topological polar surface area (TPSA) is 46.9 Å². The lowest BCUT2D eigenvalue weighted by atomic mass is 10.2. The van der Waals surface area contributed by atoms with Crippen LogP contribution in [0.25, 0.3) is 0 Å². The molecule has 2 heterocycles. The Morgan fingerprint density at radius 2 is 2.40 bits per heavy atom. The molecule has 0 radical (unpaired) electrons. The molecular weight excluding hydrogens is 294 g/mol. The molecule has 106 valence electrons. The zero-order chi connectivity index (χ0) is 14.5. The van der Waals surface area contributed by atoms with Crippen LogP contribution < -0.4 is 10.9 Å². The summed E-state index contributed by atoms with van der Waals surface area (Å²) in [5, 5.41) is 9.47. The van der Waals surface area contributed by atoms with Gasteiger partial charge >= 0.3 is 0 Å². The van der Waals surface area contributed by atoms with Crippen LogP contribution in [0.5, 0.6) is 0 Å². The lowest BCUT2D eigenvalue weighted by Gasteiger charge is -2.09. The first-order chi connectivity index (χ1) is 9.67. The number of nitrogens with one attached hydrogen (secondary N) is 1. The highest BCUT2D eigenvalue weighted by molar-refractivity contribution is 7.10. The second-order valence-electron chi connectivity index (χ2n) is 4.22. The maximum Gasteiger partial charge on any atom is 0.287 e. The van der Waals surface area contributed by atoms with Crippen molar-refractivity contribution in [1.29, 1.82) is 0 Å². The number of halogens is 1. The van der Waals surface area contributed by atoms with Crippen molar-refractivity contribution >= 4 is 28.6 Å². The maximum absolute atomic E-state index is 11.9. The van der Waals surface area contributed by atoms with Crippen molar-refractivity contribution in [3.63, 3.8) is 0 Å². The summed E-state index contributed by atoms with van der Waals surface area (Å²) in [7, 11) is 0. The fraction of sp³-hybridized carbons (Fsp3) is 0.286. The Labute approximate surface area is 126 Å². The van der Waals surface area contributed by atoms with Gasteiger partial charge in [0.1, 0.15) is 5.02 Å². The van der Waals surface area contributed by atoms with Gasteiger partial charge in [0.25, 0.3) is 5.56 Å². The molecule has 0 fully saturated rings. The van der Waals surface area contributed by atoms with Gasteiger partial charge in [0.15, 0.2) is 0 Å². The van der Waals surface area contributed by atoms with Crippen molar-refractivity contribution < 1.29 is 0 Å². The number of hydrogen-bond donors (Lipinski definition) is 1. The van der Waals surface area contributed by atoms with Crippen LogP contribution in [0, 0.1) is 0 Å². The number of thiophene rings is 1. The molecule has 2 aromatic rings. The third-order valence-electron chi connectivity index (χ3n) is 2.94. The molecule has 0 bridgehead atoms. The molecule has 2 rings (SSSR count). The average molecular weight is 310 g/mol. The van der Waals surface area contributed by atoms with E-state index < -0.39 is 0 Å². The highest BCUT2D eigenvalue weighted by Crippen LogP contribution is 2.21. The molecule has 0 unspecified atom stereocenters. The third-order valence-corrected chi connectivity index (χ3v) is 4.27. The third kappa shape index (κ3) is 3.11. The summed E-state index contributed by atoms with van der Waals surface area (Å²) < 4.78 is 1.28. The van der Waals surface area contributed by atoms with Crippen LogP contribution >= 0.6 is 22.9 Å². The summed E-state index contributed by atoms with van der Waals surface area (Å²) in [6.45, 7) is 6.70. The van der Waals surface area contributed by atoms with Gasteiger partial charge in [-0.2, -0.15) is 5.10 Å². The Hall–Kier alpha value is -1.59. The SMILES string of the molecule is C=CCn1ncc(NCc2sccc2CC)c(Cl)c1=O. The molecule has 0 amide bonds. The Bertz CT molecular complexity index is 663. The Kier molecular flexibility index (Phi) is 4.98.